The second kappa shape index (κ2) is 5.94. The summed E-state index contributed by atoms with van der Waals surface area (Å²) < 4.78 is 1.03. The molecule has 1 heterocycles. The van der Waals surface area contributed by atoms with Crippen LogP contribution in [0.15, 0.2) is 34.8 Å². The number of nitrogens with zero attached hydrogens (tertiary/aromatic N) is 3. The molecule has 1 atom stereocenters. The summed E-state index contributed by atoms with van der Waals surface area (Å²) in [5, 5.41) is 9.13. The van der Waals surface area contributed by atoms with Crippen LogP contribution in [0, 0.1) is 18.3 Å². The summed E-state index contributed by atoms with van der Waals surface area (Å²) in [7, 11) is 0. The van der Waals surface area contributed by atoms with Gasteiger partial charge >= 0.3 is 0 Å². The molecule has 0 radical (unpaired) electrons. The molecule has 0 spiro atoms. The normalized spacial score (nSPS) is 11.9. The molecule has 2 aromatic rings. The number of aromatic nitrogens is 2. The van der Waals surface area contributed by atoms with E-state index in [2.05, 4.69) is 32.0 Å². The van der Waals surface area contributed by atoms with E-state index in [1.807, 2.05) is 44.2 Å². The van der Waals surface area contributed by atoms with Crippen molar-refractivity contribution in [1.82, 2.24) is 9.97 Å². The van der Waals surface area contributed by atoms with Crippen LogP contribution in [0.2, 0.25) is 0 Å². The fourth-order valence-corrected chi connectivity index (χ4v) is 2.11. The summed E-state index contributed by atoms with van der Waals surface area (Å²) in [5.74, 6) is 0.372. The Kier molecular flexibility index (Phi) is 4.28. The molecule has 0 aliphatic heterocycles. The largest absolute Gasteiger partial charge is 0.237 e. The number of aryl methyl sites for hydroxylation is 1. The van der Waals surface area contributed by atoms with Crippen molar-refractivity contribution in [1.29, 1.82) is 5.26 Å². The highest BCUT2D eigenvalue weighted by molar-refractivity contribution is 9.10. The lowest BCUT2D eigenvalue weighted by molar-refractivity contribution is 0.746. The third-order valence-electron chi connectivity index (χ3n) is 2.89. The summed E-state index contributed by atoms with van der Waals surface area (Å²) in [6, 6.07) is 12.2. The van der Waals surface area contributed by atoms with Crippen molar-refractivity contribution in [2.45, 2.75) is 26.2 Å². The fourth-order valence-electron chi connectivity index (χ4n) is 1.85. The molecular weight excluding hydrogens is 302 g/mol. The topological polar surface area (TPSA) is 49.6 Å². The summed E-state index contributed by atoms with van der Waals surface area (Å²) in [4.78, 5) is 8.90. The summed E-state index contributed by atoms with van der Waals surface area (Å²) in [5.41, 5.74) is 2.78. The smallest absolute Gasteiger partial charge is 0.146 e. The molecule has 96 valence electrons. The molecule has 4 heteroatoms. The van der Waals surface area contributed by atoms with Gasteiger partial charge in [0.15, 0.2) is 0 Å². The Bertz CT molecular complexity index is 614. The van der Waals surface area contributed by atoms with Crippen LogP contribution < -0.4 is 0 Å². The van der Waals surface area contributed by atoms with Gasteiger partial charge < -0.3 is 0 Å². The van der Waals surface area contributed by atoms with Crippen molar-refractivity contribution < 1.29 is 0 Å². The molecular formula is C15H14BrN3. The maximum absolute atomic E-state index is 9.13. The predicted octanol–water partition coefficient (Wildman–Crippen LogP) is 4.23. The van der Waals surface area contributed by atoms with Crippen LogP contribution in [0.4, 0.5) is 0 Å². The molecule has 0 saturated heterocycles. The Morgan fingerprint density at radius 2 is 1.95 bits per heavy atom. The average Bonchev–Trinajstić information content (AvgIpc) is 2.40. The molecule has 0 amide bonds. The van der Waals surface area contributed by atoms with Crippen molar-refractivity contribution in [2.24, 2.45) is 0 Å². The third-order valence-corrected chi connectivity index (χ3v) is 3.42. The first-order valence-corrected chi connectivity index (χ1v) is 6.94. The van der Waals surface area contributed by atoms with Gasteiger partial charge in [-0.1, -0.05) is 35.0 Å². The standard InChI is InChI=1S/C15H14BrN3/c1-3-11(9-17)15-18-10(2)8-14(19-15)12-4-6-13(16)7-5-12/h4-8,11H,3H2,1-2H3. The predicted molar refractivity (Wildman–Crippen MR) is 78.6 cm³/mol. The maximum atomic E-state index is 9.13. The second-order valence-corrected chi connectivity index (χ2v) is 5.27. The zero-order valence-electron chi connectivity index (χ0n) is 10.9. The molecule has 0 aliphatic rings. The maximum Gasteiger partial charge on any atom is 0.146 e. The van der Waals surface area contributed by atoms with Gasteiger partial charge in [-0.25, -0.2) is 9.97 Å². The van der Waals surface area contributed by atoms with E-state index in [4.69, 9.17) is 5.26 Å². The highest BCUT2D eigenvalue weighted by Gasteiger charge is 2.13. The number of nitriles is 1. The zero-order valence-corrected chi connectivity index (χ0v) is 12.5. The average molecular weight is 316 g/mol. The number of hydrogen-bond acceptors (Lipinski definition) is 3. The summed E-state index contributed by atoms with van der Waals surface area (Å²) in [6.07, 6.45) is 0.722. The number of halogens is 1. The third kappa shape index (κ3) is 3.18. The van der Waals surface area contributed by atoms with E-state index in [0.717, 1.165) is 27.8 Å². The van der Waals surface area contributed by atoms with Crippen LogP contribution >= 0.6 is 15.9 Å². The van der Waals surface area contributed by atoms with Gasteiger partial charge in [0.05, 0.1) is 11.8 Å². The van der Waals surface area contributed by atoms with E-state index in [0.29, 0.717) is 5.82 Å². The highest BCUT2D eigenvalue weighted by Crippen LogP contribution is 2.23. The van der Waals surface area contributed by atoms with Crippen LogP contribution in [-0.4, -0.2) is 9.97 Å². The van der Waals surface area contributed by atoms with Gasteiger partial charge in [-0.05, 0) is 31.5 Å². The van der Waals surface area contributed by atoms with Gasteiger partial charge in [0.25, 0.3) is 0 Å². The van der Waals surface area contributed by atoms with Crippen LogP contribution in [0.1, 0.15) is 30.8 Å². The van der Waals surface area contributed by atoms with E-state index in [-0.39, 0.29) is 5.92 Å². The minimum Gasteiger partial charge on any atom is -0.237 e. The van der Waals surface area contributed by atoms with Crippen LogP contribution in [0.3, 0.4) is 0 Å². The van der Waals surface area contributed by atoms with E-state index < -0.39 is 0 Å². The monoisotopic (exact) mass is 315 g/mol. The molecule has 0 saturated carbocycles. The quantitative estimate of drug-likeness (QED) is 0.851. The minimum absolute atomic E-state index is 0.242. The van der Waals surface area contributed by atoms with E-state index in [9.17, 15) is 0 Å². The van der Waals surface area contributed by atoms with Crippen molar-refractivity contribution in [3.8, 4) is 17.3 Å². The molecule has 0 N–H and O–H groups in total. The van der Waals surface area contributed by atoms with Gasteiger partial charge in [-0.3, -0.25) is 0 Å². The van der Waals surface area contributed by atoms with Crippen molar-refractivity contribution in [2.75, 3.05) is 0 Å². The molecule has 1 aromatic carbocycles. The molecule has 2 rings (SSSR count). The summed E-state index contributed by atoms with van der Waals surface area (Å²) in [6.45, 7) is 3.90. The first kappa shape index (κ1) is 13.7. The molecule has 3 nitrogen and oxygen atoms in total. The van der Waals surface area contributed by atoms with Gasteiger partial charge in [-0.15, -0.1) is 0 Å². The zero-order chi connectivity index (χ0) is 13.8. The lowest BCUT2D eigenvalue weighted by Gasteiger charge is -2.09. The van der Waals surface area contributed by atoms with Gasteiger partial charge in [0.2, 0.25) is 0 Å². The molecule has 19 heavy (non-hydrogen) atoms. The number of rotatable bonds is 3. The van der Waals surface area contributed by atoms with E-state index >= 15 is 0 Å². The highest BCUT2D eigenvalue weighted by atomic mass is 79.9. The van der Waals surface area contributed by atoms with Crippen LogP contribution in [0.5, 0.6) is 0 Å². The molecule has 0 fully saturated rings. The second-order valence-electron chi connectivity index (χ2n) is 4.35. The Labute approximate surface area is 121 Å². The Morgan fingerprint density at radius 1 is 1.26 bits per heavy atom. The fraction of sp³-hybridized carbons (Fsp3) is 0.267. The number of benzene rings is 1. The van der Waals surface area contributed by atoms with Crippen molar-refractivity contribution in [3.05, 3.63) is 46.3 Å². The first-order valence-electron chi connectivity index (χ1n) is 6.15. The number of hydrogen-bond donors (Lipinski definition) is 0. The van der Waals surface area contributed by atoms with Gasteiger partial charge in [-0.2, -0.15) is 5.26 Å². The Morgan fingerprint density at radius 3 is 2.53 bits per heavy atom. The molecule has 0 aliphatic carbocycles. The van der Waals surface area contributed by atoms with Gasteiger partial charge in [0, 0.05) is 15.7 Å². The SMILES string of the molecule is CCC(C#N)c1nc(C)cc(-c2ccc(Br)cc2)n1. The van der Waals surface area contributed by atoms with E-state index in [1.165, 1.54) is 0 Å². The Hall–Kier alpha value is -1.73. The minimum atomic E-state index is -0.242. The lowest BCUT2D eigenvalue weighted by Crippen LogP contribution is -2.04. The van der Waals surface area contributed by atoms with Gasteiger partial charge in [0.1, 0.15) is 11.7 Å². The Balaban J connectivity index is 2.47. The first-order chi connectivity index (χ1) is 9.13. The molecule has 1 unspecified atom stereocenters. The van der Waals surface area contributed by atoms with Crippen molar-refractivity contribution >= 4 is 15.9 Å². The van der Waals surface area contributed by atoms with Crippen molar-refractivity contribution in [3.63, 3.8) is 0 Å². The summed E-state index contributed by atoms with van der Waals surface area (Å²) >= 11 is 3.42. The molecule has 0 bridgehead atoms. The molecule has 1 aromatic heterocycles. The van der Waals surface area contributed by atoms with E-state index in [1.54, 1.807) is 0 Å². The van der Waals surface area contributed by atoms with Crippen LogP contribution in [-0.2, 0) is 0 Å². The lowest BCUT2D eigenvalue weighted by atomic mass is 10.1. The van der Waals surface area contributed by atoms with Crippen LogP contribution in [0.25, 0.3) is 11.3 Å².